The number of nitrogens with one attached hydrogen (secondary N) is 1. The van der Waals surface area contributed by atoms with E-state index in [1.165, 1.54) is 12.1 Å². The van der Waals surface area contributed by atoms with Gasteiger partial charge in [-0.05, 0) is 35.7 Å². The van der Waals surface area contributed by atoms with Gasteiger partial charge in [0.15, 0.2) is 5.60 Å². The van der Waals surface area contributed by atoms with Crippen LogP contribution < -0.4 is 5.43 Å². The molecule has 1 amide bonds. The molecule has 0 saturated carbocycles. The number of benzene rings is 3. The van der Waals surface area contributed by atoms with E-state index >= 15 is 0 Å². The molecule has 3 aromatic rings. The van der Waals surface area contributed by atoms with Crippen LogP contribution in [0.15, 0.2) is 90.0 Å². The fourth-order valence-corrected chi connectivity index (χ4v) is 2.89. The summed E-state index contributed by atoms with van der Waals surface area (Å²) in [7, 11) is 0. The van der Waals surface area contributed by atoms with Crippen molar-refractivity contribution in [2.45, 2.75) is 12.5 Å². The van der Waals surface area contributed by atoms with Crippen LogP contribution in [0.3, 0.4) is 0 Å². The lowest BCUT2D eigenvalue weighted by atomic mass is 9.85. The predicted octanol–water partition coefficient (Wildman–Crippen LogP) is 3.37. The summed E-state index contributed by atoms with van der Waals surface area (Å²) in [4.78, 5) is 23.3. The average molecular weight is 389 g/mol. The Bertz CT molecular complexity index is 993. The Morgan fingerprint density at radius 2 is 1.41 bits per heavy atom. The van der Waals surface area contributed by atoms with Gasteiger partial charge in [-0.1, -0.05) is 60.7 Å². The van der Waals surface area contributed by atoms with E-state index < -0.39 is 16.4 Å². The zero-order valence-electron chi connectivity index (χ0n) is 15.6. The lowest BCUT2D eigenvalue weighted by Gasteiger charge is -2.27. The zero-order chi connectivity index (χ0) is 20.9. The smallest absolute Gasteiger partial charge is 0.281 e. The third-order valence-electron chi connectivity index (χ3n) is 4.53. The highest BCUT2D eigenvalue weighted by atomic mass is 16.6. The highest BCUT2D eigenvalue weighted by molar-refractivity contribution is 6.00. The fraction of sp³-hybridized carbons (Fsp3) is 0.0909. The van der Waals surface area contributed by atoms with E-state index in [0.29, 0.717) is 22.4 Å². The SMILES string of the molecule is C/C(=N\NC(=O)C(O)(c1ccccc1)c1ccccc1)c1ccc([N+](=O)[O-])cc1. The largest absolute Gasteiger partial charge is 0.372 e. The first-order valence-electron chi connectivity index (χ1n) is 8.86. The second-order valence-electron chi connectivity index (χ2n) is 6.38. The molecule has 0 atom stereocenters. The summed E-state index contributed by atoms with van der Waals surface area (Å²) in [6.07, 6.45) is 0. The van der Waals surface area contributed by atoms with Crippen LogP contribution in [0.1, 0.15) is 23.6 Å². The number of nitro groups is 1. The molecule has 0 spiro atoms. The van der Waals surface area contributed by atoms with Gasteiger partial charge in [0.25, 0.3) is 11.6 Å². The summed E-state index contributed by atoms with van der Waals surface area (Å²) >= 11 is 0. The number of hydrogen-bond acceptors (Lipinski definition) is 5. The number of rotatable bonds is 6. The first-order valence-corrected chi connectivity index (χ1v) is 8.86. The van der Waals surface area contributed by atoms with Crippen LogP contribution in [0, 0.1) is 10.1 Å². The summed E-state index contributed by atoms with van der Waals surface area (Å²) in [5.74, 6) is -0.712. The maximum Gasteiger partial charge on any atom is 0.281 e. The first kappa shape index (κ1) is 19.9. The van der Waals surface area contributed by atoms with Gasteiger partial charge in [0.05, 0.1) is 10.6 Å². The second kappa shape index (κ2) is 8.45. The van der Waals surface area contributed by atoms with Crippen molar-refractivity contribution in [3.63, 3.8) is 0 Å². The fourth-order valence-electron chi connectivity index (χ4n) is 2.89. The molecule has 0 fully saturated rings. The monoisotopic (exact) mass is 389 g/mol. The minimum atomic E-state index is -1.93. The molecule has 0 aliphatic heterocycles. The molecule has 3 aromatic carbocycles. The average Bonchev–Trinajstić information content (AvgIpc) is 2.77. The molecule has 3 rings (SSSR count). The van der Waals surface area contributed by atoms with Crippen LogP contribution in [0.5, 0.6) is 0 Å². The van der Waals surface area contributed by atoms with E-state index in [9.17, 15) is 20.0 Å². The zero-order valence-corrected chi connectivity index (χ0v) is 15.6. The molecule has 0 aliphatic rings. The van der Waals surface area contributed by atoms with Gasteiger partial charge in [-0.3, -0.25) is 14.9 Å². The molecule has 0 unspecified atom stereocenters. The van der Waals surface area contributed by atoms with E-state index in [0.717, 1.165) is 0 Å². The third-order valence-corrected chi connectivity index (χ3v) is 4.53. The molecule has 29 heavy (non-hydrogen) atoms. The van der Waals surface area contributed by atoms with Crippen LogP contribution in [-0.4, -0.2) is 21.6 Å². The van der Waals surface area contributed by atoms with Gasteiger partial charge in [0.1, 0.15) is 0 Å². The van der Waals surface area contributed by atoms with E-state index in [1.54, 1.807) is 79.7 Å². The van der Waals surface area contributed by atoms with Crippen molar-refractivity contribution in [2.24, 2.45) is 5.10 Å². The summed E-state index contributed by atoms with van der Waals surface area (Å²) in [5.41, 5.74) is 2.33. The molecule has 0 saturated heterocycles. The highest BCUT2D eigenvalue weighted by Crippen LogP contribution is 2.29. The predicted molar refractivity (Wildman–Crippen MR) is 109 cm³/mol. The number of nitro benzene ring substituents is 1. The third kappa shape index (κ3) is 4.20. The minimum absolute atomic E-state index is 0.0342. The normalized spacial score (nSPS) is 11.7. The first-order chi connectivity index (χ1) is 13.9. The van der Waals surface area contributed by atoms with Gasteiger partial charge in [-0.15, -0.1) is 0 Å². The molecule has 7 nitrogen and oxygen atoms in total. The number of carbonyl (C=O) groups is 1. The van der Waals surface area contributed by atoms with Gasteiger partial charge in [0, 0.05) is 12.1 Å². The highest BCUT2D eigenvalue weighted by Gasteiger charge is 2.39. The molecule has 146 valence electrons. The maximum atomic E-state index is 13.0. The van der Waals surface area contributed by atoms with Crippen molar-refractivity contribution >= 4 is 17.3 Å². The number of non-ortho nitro benzene ring substituents is 1. The lowest BCUT2D eigenvalue weighted by Crippen LogP contribution is -2.43. The van der Waals surface area contributed by atoms with Crippen molar-refractivity contribution in [1.29, 1.82) is 0 Å². The van der Waals surface area contributed by atoms with E-state index in [4.69, 9.17) is 0 Å². The summed E-state index contributed by atoms with van der Waals surface area (Å²) in [5, 5.41) is 26.2. The van der Waals surface area contributed by atoms with Crippen LogP contribution in [0.4, 0.5) is 5.69 Å². The molecule has 0 bridgehead atoms. The van der Waals surface area contributed by atoms with Crippen molar-refractivity contribution in [1.82, 2.24) is 5.43 Å². The van der Waals surface area contributed by atoms with Gasteiger partial charge in [-0.2, -0.15) is 5.10 Å². The van der Waals surface area contributed by atoms with Crippen molar-refractivity contribution in [3.8, 4) is 0 Å². The Morgan fingerprint density at radius 3 is 1.86 bits per heavy atom. The molecular formula is C22H19N3O4. The van der Waals surface area contributed by atoms with Crippen molar-refractivity contribution < 1.29 is 14.8 Å². The van der Waals surface area contributed by atoms with Gasteiger partial charge >= 0.3 is 0 Å². The maximum absolute atomic E-state index is 13.0. The Balaban J connectivity index is 1.89. The van der Waals surface area contributed by atoms with Gasteiger partial charge < -0.3 is 5.11 Å². The molecule has 7 heteroatoms. The summed E-state index contributed by atoms with van der Waals surface area (Å²) < 4.78 is 0. The Labute approximate surface area is 167 Å². The molecule has 0 aromatic heterocycles. The van der Waals surface area contributed by atoms with Crippen molar-refractivity contribution in [3.05, 3.63) is 112 Å². The molecule has 2 N–H and O–H groups in total. The summed E-state index contributed by atoms with van der Waals surface area (Å²) in [6.45, 7) is 1.66. The standard InChI is InChI=1S/C22H19N3O4/c1-16(17-12-14-20(15-13-17)25(28)29)23-24-21(26)22(27,18-8-4-2-5-9-18)19-10-6-3-7-11-19/h2-15,27H,1H3,(H,24,26)/b23-16+. The number of hydrogen-bond donors (Lipinski definition) is 2. The van der Waals surface area contributed by atoms with Crippen LogP contribution >= 0.6 is 0 Å². The van der Waals surface area contributed by atoms with Crippen LogP contribution in [0.25, 0.3) is 0 Å². The van der Waals surface area contributed by atoms with Crippen LogP contribution in [-0.2, 0) is 10.4 Å². The van der Waals surface area contributed by atoms with E-state index in [2.05, 4.69) is 10.5 Å². The van der Waals surface area contributed by atoms with E-state index in [-0.39, 0.29) is 5.69 Å². The Kier molecular flexibility index (Phi) is 5.80. The van der Waals surface area contributed by atoms with Crippen molar-refractivity contribution in [2.75, 3.05) is 0 Å². The quantitative estimate of drug-likeness (QED) is 0.383. The second-order valence-corrected chi connectivity index (χ2v) is 6.38. The van der Waals surface area contributed by atoms with Crippen LogP contribution in [0.2, 0.25) is 0 Å². The Hall–Kier alpha value is -3.84. The molecular weight excluding hydrogens is 370 g/mol. The van der Waals surface area contributed by atoms with Gasteiger partial charge in [0.2, 0.25) is 0 Å². The van der Waals surface area contributed by atoms with E-state index in [1.807, 2.05) is 0 Å². The Morgan fingerprint density at radius 1 is 0.931 bits per heavy atom. The topological polar surface area (TPSA) is 105 Å². The molecule has 0 radical (unpaired) electrons. The number of hydrazone groups is 1. The molecule has 0 heterocycles. The molecule has 0 aliphatic carbocycles. The van der Waals surface area contributed by atoms with Gasteiger partial charge in [-0.25, -0.2) is 5.43 Å². The number of amides is 1. The minimum Gasteiger partial charge on any atom is -0.372 e. The number of aliphatic hydroxyl groups is 1. The lowest BCUT2D eigenvalue weighted by molar-refractivity contribution is -0.384. The number of carbonyl (C=O) groups excluding carboxylic acids is 1. The summed E-state index contributed by atoms with van der Waals surface area (Å²) in [6, 6.07) is 23.0. The number of nitrogens with zero attached hydrogens (tertiary/aromatic N) is 2.